The zero-order chi connectivity index (χ0) is 16.9. The molecular formula is C13H17ClN2O5S. The van der Waals surface area contributed by atoms with E-state index >= 15 is 0 Å². The Hall–Kier alpha value is -1.64. The minimum atomic E-state index is -4.14. The molecular weight excluding hydrogens is 332 g/mol. The van der Waals surface area contributed by atoms with Crippen molar-refractivity contribution in [1.29, 1.82) is 0 Å². The SMILES string of the molecule is CCCC[C@H](NS(=O)(=O)c1cc(Cl)cc(C(N)=O)c1)C(=O)O. The van der Waals surface area contributed by atoms with Gasteiger partial charge in [0.05, 0.1) is 4.90 Å². The molecule has 0 fully saturated rings. The van der Waals surface area contributed by atoms with Gasteiger partial charge < -0.3 is 10.8 Å². The maximum atomic E-state index is 12.3. The van der Waals surface area contributed by atoms with E-state index in [1.165, 1.54) is 6.07 Å². The van der Waals surface area contributed by atoms with Crippen LogP contribution in [0.1, 0.15) is 36.5 Å². The summed E-state index contributed by atoms with van der Waals surface area (Å²) in [5, 5.41) is 9.09. The number of sulfonamides is 1. The summed E-state index contributed by atoms with van der Waals surface area (Å²) in [6, 6.07) is 2.15. The lowest BCUT2D eigenvalue weighted by molar-refractivity contribution is -0.139. The molecule has 0 aliphatic heterocycles. The maximum Gasteiger partial charge on any atom is 0.321 e. The number of benzene rings is 1. The van der Waals surface area contributed by atoms with Gasteiger partial charge in [-0.3, -0.25) is 9.59 Å². The van der Waals surface area contributed by atoms with Crippen molar-refractivity contribution in [2.75, 3.05) is 0 Å². The van der Waals surface area contributed by atoms with Gasteiger partial charge in [-0.15, -0.1) is 0 Å². The van der Waals surface area contributed by atoms with E-state index in [1.807, 2.05) is 6.92 Å². The van der Waals surface area contributed by atoms with Gasteiger partial charge in [0, 0.05) is 10.6 Å². The van der Waals surface area contributed by atoms with Crippen LogP contribution in [0.25, 0.3) is 0 Å². The predicted molar refractivity (Wildman–Crippen MR) is 81.2 cm³/mol. The highest BCUT2D eigenvalue weighted by Crippen LogP contribution is 2.19. The van der Waals surface area contributed by atoms with Crippen LogP contribution in [0.3, 0.4) is 0 Å². The lowest BCUT2D eigenvalue weighted by Crippen LogP contribution is -2.40. The first-order valence-corrected chi connectivity index (χ1v) is 8.39. The highest BCUT2D eigenvalue weighted by molar-refractivity contribution is 7.89. The first-order chi connectivity index (χ1) is 10.2. The summed E-state index contributed by atoms with van der Waals surface area (Å²) in [5.41, 5.74) is 5.03. The number of rotatable bonds is 8. The summed E-state index contributed by atoms with van der Waals surface area (Å²) in [6.45, 7) is 1.86. The number of carboxylic acids is 1. The average Bonchev–Trinajstić information content (AvgIpc) is 2.42. The lowest BCUT2D eigenvalue weighted by atomic mass is 10.1. The molecule has 0 aliphatic rings. The highest BCUT2D eigenvalue weighted by Gasteiger charge is 2.25. The number of hydrogen-bond acceptors (Lipinski definition) is 4. The van der Waals surface area contributed by atoms with Gasteiger partial charge in [-0.05, 0) is 24.6 Å². The van der Waals surface area contributed by atoms with Gasteiger partial charge in [0.2, 0.25) is 15.9 Å². The number of aliphatic carboxylic acids is 1. The van der Waals surface area contributed by atoms with Crippen LogP contribution in [0.4, 0.5) is 0 Å². The van der Waals surface area contributed by atoms with Crippen LogP contribution in [0.2, 0.25) is 5.02 Å². The maximum absolute atomic E-state index is 12.3. The van der Waals surface area contributed by atoms with Crippen LogP contribution < -0.4 is 10.5 Å². The first-order valence-electron chi connectivity index (χ1n) is 6.53. The molecule has 1 rings (SSSR count). The van der Waals surface area contributed by atoms with Crippen molar-refractivity contribution in [3.8, 4) is 0 Å². The Morgan fingerprint density at radius 2 is 2.00 bits per heavy atom. The van der Waals surface area contributed by atoms with Crippen LogP contribution >= 0.6 is 11.6 Å². The van der Waals surface area contributed by atoms with E-state index in [0.29, 0.717) is 6.42 Å². The summed E-state index contributed by atoms with van der Waals surface area (Å²) in [5.74, 6) is -2.10. The fraction of sp³-hybridized carbons (Fsp3) is 0.385. The Bertz CT molecular complexity index is 675. The topological polar surface area (TPSA) is 127 Å². The number of unbranched alkanes of at least 4 members (excludes halogenated alkanes) is 1. The fourth-order valence-electron chi connectivity index (χ4n) is 1.76. The summed E-state index contributed by atoms with van der Waals surface area (Å²) in [4.78, 5) is 22.0. The molecule has 1 amide bonds. The Morgan fingerprint density at radius 3 is 2.50 bits per heavy atom. The molecule has 9 heteroatoms. The van der Waals surface area contributed by atoms with E-state index in [4.69, 9.17) is 22.4 Å². The number of primary amides is 1. The van der Waals surface area contributed by atoms with E-state index in [-0.39, 0.29) is 21.9 Å². The smallest absolute Gasteiger partial charge is 0.321 e. The zero-order valence-electron chi connectivity index (χ0n) is 11.9. The number of halogens is 1. The molecule has 1 aromatic carbocycles. The van der Waals surface area contributed by atoms with Crippen molar-refractivity contribution in [3.63, 3.8) is 0 Å². The predicted octanol–water partition coefficient (Wildman–Crippen LogP) is 1.36. The zero-order valence-corrected chi connectivity index (χ0v) is 13.4. The number of nitrogens with two attached hydrogens (primary N) is 1. The normalized spacial score (nSPS) is 12.8. The molecule has 0 bridgehead atoms. The number of carbonyl (C=O) groups excluding carboxylic acids is 1. The fourth-order valence-corrected chi connectivity index (χ4v) is 3.35. The molecule has 0 unspecified atom stereocenters. The number of amides is 1. The minimum Gasteiger partial charge on any atom is -0.480 e. The van der Waals surface area contributed by atoms with Gasteiger partial charge in [-0.1, -0.05) is 31.4 Å². The van der Waals surface area contributed by atoms with E-state index in [1.54, 1.807) is 0 Å². The number of carboxylic acid groups (broad SMARTS) is 1. The van der Waals surface area contributed by atoms with Gasteiger partial charge in [-0.25, -0.2) is 8.42 Å². The van der Waals surface area contributed by atoms with Crippen molar-refractivity contribution in [2.45, 2.75) is 37.1 Å². The van der Waals surface area contributed by atoms with Crippen LogP contribution in [0.15, 0.2) is 23.1 Å². The van der Waals surface area contributed by atoms with Crippen LogP contribution in [0, 0.1) is 0 Å². The third-order valence-electron chi connectivity index (χ3n) is 2.91. The summed E-state index contributed by atoms with van der Waals surface area (Å²) >= 11 is 5.77. The van der Waals surface area contributed by atoms with Gasteiger partial charge >= 0.3 is 5.97 Å². The minimum absolute atomic E-state index is 0.0112. The van der Waals surface area contributed by atoms with Crippen molar-refractivity contribution in [2.24, 2.45) is 5.73 Å². The lowest BCUT2D eigenvalue weighted by Gasteiger charge is -2.15. The van der Waals surface area contributed by atoms with Crippen molar-refractivity contribution in [3.05, 3.63) is 28.8 Å². The summed E-state index contributed by atoms with van der Waals surface area (Å²) in [7, 11) is -4.14. The molecule has 0 heterocycles. The Kier molecular flexibility index (Phi) is 6.34. The average molecular weight is 349 g/mol. The Labute approximate surface area is 133 Å². The number of carbonyl (C=O) groups is 2. The Balaban J connectivity index is 3.12. The van der Waals surface area contributed by atoms with E-state index in [0.717, 1.165) is 18.6 Å². The van der Waals surface area contributed by atoms with Gasteiger partial charge in [0.15, 0.2) is 0 Å². The quantitative estimate of drug-likeness (QED) is 0.653. The van der Waals surface area contributed by atoms with Gasteiger partial charge in [0.1, 0.15) is 6.04 Å². The highest BCUT2D eigenvalue weighted by atomic mass is 35.5. The molecule has 122 valence electrons. The molecule has 0 aromatic heterocycles. The molecule has 7 nitrogen and oxygen atoms in total. The molecule has 22 heavy (non-hydrogen) atoms. The third kappa shape index (κ3) is 4.97. The Morgan fingerprint density at radius 1 is 1.36 bits per heavy atom. The van der Waals surface area contributed by atoms with Gasteiger partial charge in [-0.2, -0.15) is 4.72 Å². The van der Waals surface area contributed by atoms with E-state index < -0.39 is 27.9 Å². The molecule has 0 spiro atoms. The van der Waals surface area contributed by atoms with Crippen molar-refractivity contribution in [1.82, 2.24) is 4.72 Å². The van der Waals surface area contributed by atoms with E-state index in [2.05, 4.69) is 4.72 Å². The standard InChI is InChI=1S/C13H17ClN2O5S/c1-2-3-4-11(13(18)19)16-22(20,21)10-6-8(12(15)17)5-9(14)7-10/h5-7,11,16H,2-4H2,1H3,(H2,15,17)(H,18,19)/t11-/m0/s1. The molecule has 1 aromatic rings. The number of nitrogens with one attached hydrogen (secondary N) is 1. The molecule has 0 saturated carbocycles. The largest absolute Gasteiger partial charge is 0.480 e. The molecule has 4 N–H and O–H groups in total. The molecule has 0 radical (unpaired) electrons. The summed E-state index contributed by atoms with van der Waals surface area (Å²) < 4.78 is 26.6. The monoisotopic (exact) mass is 348 g/mol. The second-order valence-corrected chi connectivity index (χ2v) is 6.84. The number of hydrogen-bond donors (Lipinski definition) is 3. The van der Waals surface area contributed by atoms with Crippen LogP contribution in [-0.2, 0) is 14.8 Å². The first kappa shape index (κ1) is 18.4. The third-order valence-corrected chi connectivity index (χ3v) is 4.58. The van der Waals surface area contributed by atoms with Crippen LogP contribution in [-0.4, -0.2) is 31.4 Å². The van der Waals surface area contributed by atoms with Crippen molar-refractivity contribution >= 4 is 33.5 Å². The van der Waals surface area contributed by atoms with Crippen molar-refractivity contribution < 1.29 is 23.1 Å². The van der Waals surface area contributed by atoms with Gasteiger partial charge in [0.25, 0.3) is 0 Å². The second kappa shape index (κ2) is 7.57. The summed E-state index contributed by atoms with van der Waals surface area (Å²) in [6.07, 6.45) is 1.45. The van der Waals surface area contributed by atoms with Crippen LogP contribution in [0.5, 0.6) is 0 Å². The second-order valence-electron chi connectivity index (χ2n) is 4.69. The molecule has 1 atom stereocenters. The molecule has 0 saturated heterocycles. The van der Waals surface area contributed by atoms with E-state index in [9.17, 15) is 18.0 Å². The molecule has 0 aliphatic carbocycles.